The molecule has 0 aliphatic rings. The van der Waals surface area contributed by atoms with Gasteiger partial charge in [-0.1, -0.05) is 0 Å². The molecule has 5 N–H and O–H groups in total. The zero-order chi connectivity index (χ0) is 13.7. The molecular formula is C12H19N3O3. The molecule has 18 heavy (non-hydrogen) atoms. The molecule has 0 fully saturated rings. The third-order valence-corrected chi connectivity index (χ3v) is 2.58. The molecule has 0 bridgehead atoms. The molecule has 2 unspecified atom stereocenters. The van der Waals surface area contributed by atoms with Crippen molar-refractivity contribution in [1.29, 1.82) is 0 Å². The average Bonchev–Trinajstić information content (AvgIpc) is 2.30. The second-order valence-corrected chi connectivity index (χ2v) is 4.27. The van der Waals surface area contributed by atoms with Crippen molar-refractivity contribution in [3.63, 3.8) is 0 Å². The molecule has 1 rings (SSSR count). The van der Waals surface area contributed by atoms with Crippen LogP contribution in [0.1, 0.15) is 30.6 Å². The standard InChI is InChI=1S/C12H19N3O3/c1-7-5-9(12(13)15-6-7)11(18)10(17)3-4-14-8(2)16/h5-6,10-11,17-18H,3-4H2,1-2H3,(H2,13,15)(H,14,16). The monoisotopic (exact) mass is 253 g/mol. The molecule has 1 amide bonds. The molecule has 0 saturated carbocycles. The van der Waals surface area contributed by atoms with E-state index in [4.69, 9.17) is 5.73 Å². The first-order chi connectivity index (χ1) is 8.41. The van der Waals surface area contributed by atoms with E-state index < -0.39 is 12.2 Å². The smallest absolute Gasteiger partial charge is 0.216 e. The Kier molecular flexibility index (Phi) is 5.06. The Hall–Kier alpha value is -1.66. The summed E-state index contributed by atoms with van der Waals surface area (Å²) in [7, 11) is 0. The average molecular weight is 253 g/mol. The molecule has 1 heterocycles. The highest BCUT2D eigenvalue weighted by Crippen LogP contribution is 2.23. The van der Waals surface area contributed by atoms with Crippen LogP contribution in [0, 0.1) is 6.92 Å². The number of anilines is 1. The molecule has 6 heteroatoms. The number of hydrogen-bond donors (Lipinski definition) is 4. The number of carbonyl (C=O) groups is 1. The van der Waals surface area contributed by atoms with Crippen molar-refractivity contribution in [2.75, 3.05) is 12.3 Å². The van der Waals surface area contributed by atoms with E-state index in [0.29, 0.717) is 12.1 Å². The number of pyridine rings is 1. The Bertz CT molecular complexity index is 423. The van der Waals surface area contributed by atoms with E-state index >= 15 is 0 Å². The van der Waals surface area contributed by atoms with Crippen LogP contribution in [0.25, 0.3) is 0 Å². The molecule has 0 aromatic carbocycles. The third-order valence-electron chi connectivity index (χ3n) is 2.58. The highest BCUT2D eigenvalue weighted by Gasteiger charge is 2.21. The second kappa shape index (κ2) is 6.32. The zero-order valence-electron chi connectivity index (χ0n) is 10.6. The molecule has 1 aromatic rings. The number of nitrogen functional groups attached to an aromatic ring is 1. The van der Waals surface area contributed by atoms with Gasteiger partial charge in [-0.2, -0.15) is 0 Å². The van der Waals surface area contributed by atoms with Crippen molar-refractivity contribution in [1.82, 2.24) is 10.3 Å². The van der Waals surface area contributed by atoms with E-state index in [1.165, 1.54) is 6.92 Å². The molecule has 6 nitrogen and oxygen atoms in total. The minimum atomic E-state index is -1.11. The van der Waals surface area contributed by atoms with Crippen molar-refractivity contribution in [3.8, 4) is 0 Å². The fraction of sp³-hybridized carbons (Fsp3) is 0.500. The molecule has 2 atom stereocenters. The molecule has 0 saturated heterocycles. The van der Waals surface area contributed by atoms with Crippen molar-refractivity contribution in [2.24, 2.45) is 0 Å². The normalized spacial score (nSPS) is 14.0. The lowest BCUT2D eigenvalue weighted by molar-refractivity contribution is -0.119. The number of carbonyl (C=O) groups excluding carboxylic acids is 1. The molecular weight excluding hydrogens is 234 g/mol. The van der Waals surface area contributed by atoms with E-state index in [2.05, 4.69) is 10.3 Å². The van der Waals surface area contributed by atoms with Gasteiger partial charge in [0.15, 0.2) is 0 Å². The Balaban J connectivity index is 2.64. The van der Waals surface area contributed by atoms with Gasteiger partial charge in [0.25, 0.3) is 0 Å². The summed E-state index contributed by atoms with van der Waals surface area (Å²) in [6.07, 6.45) is -0.266. The van der Waals surface area contributed by atoms with Gasteiger partial charge in [-0.05, 0) is 25.0 Å². The van der Waals surface area contributed by atoms with Crippen molar-refractivity contribution in [2.45, 2.75) is 32.5 Å². The minimum Gasteiger partial charge on any atom is -0.390 e. The van der Waals surface area contributed by atoms with Crippen LogP contribution in [-0.4, -0.2) is 33.8 Å². The van der Waals surface area contributed by atoms with E-state index in [1.54, 1.807) is 12.3 Å². The van der Waals surface area contributed by atoms with E-state index in [0.717, 1.165) is 5.56 Å². The highest BCUT2D eigenvalue weighted by atomic mass is 16.3. The van der Waals surface area contributed by atoms with Gasteiger partial charge < -0.3 is 21.3 Å². The first kappa shape index (κ1) is 14.4. The minimum absolute atomic E-state index is 0.173. The summed E-state index contributed by atoms with van der Waals surface area (Å²) >= 11 is 0. The van der Waals surface area contributed by atoms with Gasteiger partial charge in [0.05, 0.1) is 6.10 Å². The summed E-state index contributed by atoms with van der Waals surface area (Å²) in [6, 6.07) is 1.69. The van der Waals surface area contributed by atoms with Gasteiger partial charge in [0.1, 0.15) is 11.9 Å². The number of nitrogens with two attached hydrogens (primary N) is 1. The van der Waals surface area contributed by atoms with Crippen LogP contribution in [0.5, 0.6) is 0 Å². The lowest BCUT2D eigenvalue weighted by atomic mass is 10.0. The summed E-state index contributed by atoms with van der Waals surface area (Å²) in [5, 5.41) is 22.3. The maximum absolute atomic E-state index is 10.7. The number of amides is 1. The maximum Gasteiger partial charge on any atom is 0.216 e. The number of aryl methyl sites for hydroxylation is 1. The molecule has 100 valence electrons. The van der Waals surface area contributed by atoms with Gasteiger partial charge in [-0.15, -0.1) is 0 Å². The zero-order valence-corrected chi connectivity index (χ0v) is 10.6. The number of aliphatic hydroxyl groups is 2. The van der Waals surface area contributed by atoms with Crippen molar-refractivity contribution >= 4 is 11.7 Å². The van der Waals surface area contributed by atoms with Crippen LogP contribution in [0.4, 0.5) is 5.82 Å². The SMILES string of the molecule is CC(=O)NCCC(O)C(O)c1cc(C)cnc1N. The predicted octanol–water partition coefficient (Wildman–Crippen LogP) is -0.107. The van der Waals surface area contributed by atoms with E-state index in [-0.39, 0.29) is 18.1 Å². The number of hydrogen-bond acceptors (Lipinski definition) is 5. The predicted molar refractivity (Wildman–Crippen MR) is 67.7 cm³/mol. The van der Waals surface area contributed by atoms with Gasteiger partial charge in [-0.3, -0.25) is 4.79 Å². The van der Waals surface area contributed by atoms with Crippen LogP contribution in [-0.2, 0) is 4.79 Å². The Morgan fingerprint density at radius 2 is 2.22 bits per heavy atom. The topological polar surface area (TPSA) is 108 Å². The first-order valence-corrected chi connectivity index (χ1v) is 5.74. The number of aliphatic hydroxyl groups excluding tert-OH is 2. The Morgan fingerprint density at radius 3 is 2.83 bits per heavy atom. The summed E-state index contributed by atoms with van der Waals surface area (Å²) in [4.78, 5) is 14.6. The number of aromatic nitrogens is 1. The fourth-order valence-corrected chi connectivity index (χ4v) is 1.60. The van der Waals surface area contributed by atoms with Crippen LogP contribution < -0.4 is 11.1 Å². The highest BCUT2D eigenvalue weighted by molar-refractivity contribution is 5.72. The lowest BCUT2D eigenvalue weighted by Crippen LogP contribution is -2.28. The van der Waals surface area contributed by atoms with Crippen molar-refractivity contribution < 1.29 is 15.0 Å². The third kappa shape index (κ3) is 3.97. The van der Waals surface area contributed by atoms with Crippen LogP contribution in [0.2, 0.25) is 0 Å². The van der Waals surface area contributed by atoms with Crippen LogP contribution in [0.3, 0.4) is 0 Å². The molecule has 0 aliphatic heterocycles. The largest absolute Gasteiger partial charge is 0.390 e. The molecule has 1 aromatic heterocycles. The summed E-state index contributed by atoms with van der Waals surface area (Å²) in [5.41, 5.74) is 6.91. The van der Waals surface area contributed by atoms with Gasteiger partial charge in [0, 0.05) is 25.2 Å². The van der Waals surface area contributed by atoms with Crippen LogP contribution >= 0.6 is 0 Å². The van der Waals surface area contributed by atoms with Gasteiger partial charge >= 0.3 is 0 Å². The van der Waals surface area contributed by atoms with E-state index in [9.17, 15) is 15.0 Å². The quantitative estimate of drug-likeness (QED) is 0.585. The Labute approximate surface area is 106 Å². The van der Waals surface area contributed by atoms with Gasteiger partial charge in [0.2, 0.25) is 5.91 Å². The number of rotatable bonds is 5. The maximum atomic E-state index is 10.7. The summed E-state index contributed by atoms with van der Waals surface area (Å²) in [5.74, 6) is 0.0279. The van der Waals surface area contributed by atoms with Crippen LogP contribution in [0.15, 0.2) is 12.3 Å². The summed E-state index contributed by atoms with van der Waals surface area (Å²) in [6.45, 7) is 3.52. The van der Waals surface area contributed by atoms with Gasteiger partial charge in [-0.25, -0.2) is 4.98 Å². The summed E-state index contributed by atoms with van der Waals surface area (Å²) < 4.78 is 0. The fourth-order valence-electron chi connectivity index (χ4n) is 1.60. The molecule has 0 spiro atoms. The number of nitrogens with zero attached hydrogens (tertiary/aromatic N) is 1. The van der Waals surface area contributed by atoms with Crippen molar-refractivity contribution in [3.05, 3.63) is 23.4 Å². The van der Waals surface area contributed by atoms with E-state index in [1.807, 2.05) is 6.92 Å². The second-order valence-electron chi connectivity index (χ2n) is 4.27. The number of nitrogens with one attached hydrogen (secondary N) is 1. The lowest BCUT2D eigenvalue weighted by Gasteiger charge is -2.19. The Morgan fingerprint density at radius 1 is 1.56 bits per heavy atom. The molecule has 0 radical (unpaired) electrons. The molecule has 0 aliphatic carbocycles. The first-order valence-electron chi connectivity index (χ1n) is 5.74.